The second-order valence-corrected chi connectivity index (χ2v) is 12.6. The van der Waals surface area contributed by atoms with Crippen LogP contribution in [0.4, 0.5) is 0 Å². The molecule has 5 heterocycles. The Balaban J connectivity index is 1.08. The lowest BCUT2D eigenvalue weighted by Crippen LogP contribution is -2.65. The van der Waals surface area contributed by atoms with Crippen molar-refractivity contribution >= 4 is 11.8 Å². The molecule has 5 fully saturated rings. The number of rotatable bonds is 6. The Morgan fingerprint density at radius 1 is 0.868 bits per heavy atom. The molecule has 4 saturated heterocycles. The van der Waals surface area contributed by atoms with Crippen LogP contribution in [0.25, 0.3) is 0 Å². The van der Waals surface area contributed by atoms with Gasteiger partial charge in [0.25, 0.3) is 5.91 Å². The maximum Gasteiger partial charge on any atom is 0.255 e. The lowest BCUT2D eigenvalue weighted by Gasteiger charge is -2.57. The molecule has 7 nitrogen and oxygen atoms in total. The summed E-state index contributed by atoms with van der Waals surface area (Å²) < 4.78 is 0. The van der Waals surface area contributed by atoms with Crippen LogP contribution in [-0.2, 0) is 4.79 Å². The van der Waals surface area contributed by atoms with Crippen molar-refractivity contribution in [3.05, 3.63) is 30.1 Å². The maximum atomic E-state index is 13.7. The van der Waals surface area contributed by atoms with E-state index in [1.54, 1.807) is 12.4 Å². The number of amides is 2. The minimum Gasteiger partial charge on any atom is -0.340 e. The van der Waals surface area contributed by atoms with Crippen molar-refractivity contribution in [1.29, 1.82) is 0 Å². The molecule has 208 valence electrons. The minimum absolute atomic E-state index is 0.134. The quantitative estimate of drug-likeness (QED) is 0.566. The van der Waals surface area contributed by atoms with Crippen LogP contribution in [-0.4, -0.2) is 100 Å². The molecular formula is C31H47N5O2. The molecule has 4 aliphatic heterocycles. The van der Waals surface area contributed by atoms with Crippen molar-refractivity contribution in [1.82, 2.24) is 24.6 Å². The number of carbonyl (C=O) groups is 2. The third-order valence-electron chi connectivity index (χ3n) is 10.5. The number of pyridine rings is 1. The van der Waals surface area contributed by atoms with Crippen LogP contribution in [0.3, 0.4) is 0 Å². The number of piperazine rings is 1. The number of likely N-dealkylation sites (tertiary alicyclic amines) is 1. The molecular weight excluding hydrogens is 474 g/mol. The number of nitrogens with zero attached hydrogens (tertiary/aromatic N) is 5. The second kappa shape index (κ2) is 12.0. The molecule has 1 aliphatic carbocycles. The van der Waals surface area contributed by atoms with Crippen LogP contribution in [0.2, 0.25) is 0 Å². The number of aromatic nitrogens is 1. The van der Waals surface area contributed by atoms with Gasteiger partial charge in [0.05, 0.1) is 5.56 Å². The summed E-state index contributed by atoms with van der Waals surface area (Å²) >= 11 is 0. The molecule has 0 bridgehead atoms. The van der Waals surface area contributed by atoms with Crippen LogP contribution in [0, 0.1) is 11.8 Å². The molecule has 6 rings (SSSR count). The normalized spacial score (nSPS) is 31.2. The van der Waals surface area contributed by atoms with E-state index in [0.29, 0.717) is 35.8 Å². The highest BCUT2D eigenvalue weighted by Crippen LogP contribution is 2.43. The fourth-order valence-electron chi connectivity index (χ4n) is 8.66. The minimum atomic E-state index is 0.134. The highest BCUT2D eigenvalue weighted by Gasteiger charge is 2.49. The monoisotopic (exact) mass is 521 g/mol. The fraction of sp³-hybridized carbons (Fsp3) is 0.774. The molecule has 0 unspecified atom stereocenters. The smallest absolute Gasteiger partial charge is 0.255 e. The van der Waals surface area contributed by atoms with Gasteiger partial charge in [0.2, 0.25) is 5.91 Å². The van der Waals surface area contributed by atoms with Gasteiger partial charge < -0.3 is 9.80 Å². The van der Waals surface area contributed by atoms with E-state index in [1.165, 1.54) is 70.9 Å². The van der Waals surface area contributed by atoms with Gasteiger partial charge in [0.1, 0.15) is 0 Å². The summed E-state index contributed by atoms with van der Waals surface area (Å²) in [5.41, 5.74) is 0.700. The van der Waals surface area contributed by atoms with Gasteiger partial charge in [-0.1, -0.05) is 19.3 Å². The van der Waals surface area contributed by atoms with Crippen LogP contribution >= 0.6 is 0 Å². The lowest BCUT2D eigenvalue weighted by atomic mass is 9.69. The van der Waals surface area contributed by atoms with E-state index in [0.717, 1.165) is 51.6 Å². The molecule has 1 aromatic heterocycles. The molecule has 0 spiro atoms. The summed E-state index contributed by atoms with van der Waals surface area (Å²) in [6.45, 7) is 7.11. The van der Waals surface area contributed by atoms with Gasteiger partial charge in [0.15, 0.2) is 0 Å². The highest BCUT2D eigenvalue weighted by atomic mass is 16.2. The molecule has 1 saturated carbocycles. The lowest BCUT2D eigenvalue weighted by molar-refractivity contribution is -0.133. The zero-order chi connectivity index (χ0) is 25.9. The summed E-state index contributed by atoms with van der Waals surface area (Å²) in [6, 6.07) is 5.35. The zero-order valence-electron chi connectivity index (χ0n) is 23.2. The van der Waals surface area contributed by atoms with Crippen molar-refractivity contribution in [2.75, 3.05) is 45.8 Å². The van der Waals surface area contributed by atoms with Gasteiger partial charge in [-0.3, -0.25) is 24.4 Å². The van der Waals surface area contributed by atoms with Crippen molar-refractivity contribution in [3.8, 4) is 0 Å². The van der Waals surface area contributed by atoms with Crippen molar-refractivity contribution < 1.29 is 9.59 Å². The molecule has 4 atom stereocenters. The highest BCUT2D eigenvalue weighted by molar-refractivity contribution is 5.94. The Kier molecular flexibility index (Phi) is 8.31. The zero-order valence-corrected chi connectivity index (χ0v) is 23.2. The largest absolute Gasteiger partial charge is 0.340 e. The van der Waals surface area contributed by atoms with Crippen molar-refractivity contribution in [3.63, 3.8) is 0 Å². The Bertz CT molecular complexity index is 941. The van der Waals surface area contributed by atoms with Gasteiger partial charge in [0, 0.05) is 69.7 Å². The van der Waals surface area contributed by atoms with Crippen molar-refractivity contribution in [2.24, 2.45) is 11.8 Å². The summed E-state index contributed by atoms with van der Waals surface area (Å²) in [4.78, 5) is 40.9. The van der Waals surface area contributed by atoms with Crippen LogP contribution < -0.4 is 0 Å². The van der Waals surface area contributed by atoms with E-state index >= 15 is 0 Å². The number of hydrogen-bond acceptors (Lipinski definition) is 5. The Hall–Kier alpha value is -1.99. The number of hydrogen-bond donors (Lipinski definition) is 0. The molecule has 0 N–H and O–H groups in total. The Morgan fingerprint density at radius 3 is 2.42 bits per heavy atom. The number of piperidine rings is 3. The van der Waals surface area contributed by atoms with Crippen LogP contribution in [0.15, 0.2) is 24.5 Å². The summed E-state index contributed by atoms with van der Waals surface area (Å²) in [7, 11) is 0. The summed E-state index contributed by atoms with van der Waals surface area (Å²) in [5.74, 6) is 1.55. The Morgan fingerprint density at radius 2 is 1.66 bits per heavy atom. The first-order valence-electron chi connectivity index (χ1n) is 15.7. The van der Waals surface area contributed by atoms with E-state index in [-0.39, 0.29) is 11.9 Å². The first kappa shape index (κ1) is 26.2. The van der Waals surface area contributed by atoms with Crippen molar-refractivity contribution in [2.45, 2.75) is 95.2 Å². The molecule has 1 aromatic rings. The average Bonchev–Trinajstić information content (AvgIpc) is 2.99. The molecule has 0 radical (unpaired) electrons. The van der Waals surface area contributed by atoms with Gasteiger partial charge in [-0.15, -0.1) is 0 Å². The fourth-order valence-corrected chi connectivity index (χ4v) is 8.66. The SMILES string of the molecule is O=C(CCC[C@@H]1[C@H]2CCCN3CCC[C@@H](CN1C(=O)c1cccnc1)[C@@H]23)N1CCN(C2CCCCC2)CC1. The van der Waals surface area contributed by atoms with Gasteiger partial charge in [-0.2, -0.15) is 0 Å². The van der Waals surface area contributed by atoms with Gasteiger partial charge in [-0.05, 0) is 88.4 Å². The molecule has 2 amide bonds. The number of carbonyl (C=O) groups excluding carboxylic acids is 2. The van der Waals surface area contributed by atoms with E-state index in [2.05, 4.69) is 24.6 Å². The van der Waals surface area contributed by atoms with Crippen LogP contribution in [0.1, 0.15) is 87.4 Å². The van der Waals surface area contributed by atoms with E-state index in [1.807, 2.05) is 12.1 Å². The topological polar surface area (TPSA) is 60.0 Å². The first-order chi connectivity index (χ1) is 18.7. The van der Waals surface area contributed by atoms with E-state index in [4.69, 9.17) is 0 Å². The van der Waals surface area contributed by atoms with Gasteiger partial charge in [-0.25, -0.2) is 0 Å². The van der Waals surface area contributed by atoms with E-state index in [9.17, 15) is 9.59 Å². The molecule has 38 heavy (non-hydrogen) atoms. The Labute approximate surface area is 228 Å². The predicted molar refractivity (Wildman–Crippen MR) is 149 cm³/mol. The van der Waals surface area contributed by atoms with Gasteiger partial charge >= 0.3 is 0 Å². The standard InChI is InChI=1S/C31H47N5O2/c37-29(34-20-18-33(19-21-34)26-10-2-1-3-11-26)14-4-13-28-27-12-7-17-35-16-6-9-25(30(27)35)23-36(28)31(38)24-8-5-15-32-22-24/h5,8,15,22,25-28,30H,1-4,6-7,9-14,16-21,23H2/t25-,27+,28+,30-/m0/s1. The summed E-state index contributed by atoms with van der Waals surface area (Å²) in [5, 5.41) is 0. The molecule has 5 aliphatic rings. The van der Waals surface area contributed by atoms with Crippen LogP contribution in [0.5, 0.6) is 0 Å². The summed E-state index contributed by atoms with van der Waals surface area (Å²) in [6.07, 6.45) is 17.6. The molecule has 7 heteroatoms. The molecule has 0 aromatic carbocycles. The maximum absolute atomic E-state index is 13.7. The second-order valence-electron chi connectivity index (χ2n) is 12.6. The third-order valence-corrected chi connectivity index (χ3v) is 10.5. The van der Waals surface area contributed by atoms with E-state index < -0.39 is 0 Å². The average molecular weight is 522 g/mol. The predicted octanol–water partition coefficient (Wildman–Crippen LogP) is 4.04. The third kappa shape index (κ3) is 5.51. The first-order valence-corrected chi connectivity index (χ1v) is 15.7.